The van der Waals surface area contributed by atoms with Crippen molar-refractivity contribution in [2.75, 3.05) is 56.1 Å². The number of alkyl halides is 2. The van der Waals surface area contributed by atoms with Crippen molar-refractivity contribution in [3.63, 3.8) is 0 Å². The van der Waals surface area contributed by atoms with E-state index in [2.05, 4.69) is 5.32 Å². The first-order chi connectivity index (χ1) is 16.9. The van der Waals surface area contributed by atoms with Crippen LogP contribution in [0.2, 0.25) is 0 Å². The van der Waals surface area contributed by atoms with Gasteiger partial charge in [0, 0.05) is 31.3 Å². The van der Waals surface area contributed by atoms with Crippen molar-refractivity contribution in [3.05, 3.63) is 0 Å². The summed E-state index contributed by atoms with van der Waals surface area (Å²) in [4.78, 5) is 60.1. The van der Waals surface area contributed by atoms with Crippen molar-refractivity contribution in [2.24, 2.45) is 5.73 Å². The summed E-state index contributed by atoms with van der Waals surface area (Å²) in [5.41, 5.74) is 5.61. The van der Waals surface area contributed by atoms with Gasteiger partial charge < -0.3 is 35.8 Å². The maximum Gasteiger partial charge on any atom is 0.409 e. The van der Waals surface area contributed by atoms with Crippen molar-refractivity contribution in [1.29, 1.82) is 0 Å². The number of nitrogens with two attached hydrogens (primary N) is 1. The molecule has 0 aromatic rings. The molecule has 0 aromatic heterocycles. The van der Waals surface area contributed by atoms with E-state index in [0.717, 1.165) is 0 Å². The van der Waals surface area contributed by atoms with Crippen LogP contribution in [0.25, 0.3) is 0 Å². The molecule has 208 valence electrons. The molecule has 3 amide bonds. The second kappa shape index (κ2) is 18.0. The van der Waals surface area contributed by atoms with E-state index in [1.165, 1.54) is 4.90 Å². The number of carbonyl (C=O) groups excluding carboxylic acids is 4. The quantitative estimate of drug-likeness (QED) is 0.110. The van der Waals surface area contributed by atoms with E-state index >= 15 is 0 Å². The minimum absolute atomic E-state index is 0.0924. The molecule has 36 heavy (non-hydrogen) atoms. The number of carbonyl (C=O) groups is 5. The zero-order chi connectivity index (χ0) is 27.7. The van der Waals surface area contributed by atoms with Crippen LogP contribution in [0, 0.1) is 0 Å². The van der Waals surface area contributed by atoms with Gasteiger partial charge in [0.15, 0.2) is 9.84 Å². The number of amides is 3. The van der Waals surface area contributed by atoms with Gasteiger partial charge >= 0.3 is 18.0 Å². The summed E-state index contributed by atoms with van der Waals surface area (Å²) in [5.74, 6) is -5.33. The Balaban J connectivity index is 5.11. The standard InChI is InChI=1S/C19H32Cl2N4O10S/c1-2-34-18(30)13(22)3-4-15(26)24-14(17(29)23-11-16(27)28)12-36(32,33)10-9-35-19(31)25(7-5-20)8-6-21/h13-14H,2-12,22H2,1H3,(H,23,29)(H,24,26)(H,27,28)/t13-,14-/m0/s1. The Hall–Kier alpha value is -2.36. The summed E-state index contributed by atoms with van der Waals surface area (Å²) in [6.07, 6.45) is -1.30. The van der Waals surface area contributed by atoms with Crippen LogP contribution >= 0.6 is 23.2 Å². The second-order valence-electron chi connectivity index (χ2n) is 7.22. The largest absolute Gasteiger partial charge is 0.480 e. The molecule has 14 nitrogen and oxygen atoms in total. The molecule has 0 radical (unpaired) electrons. The summed E-state index contributed by atoms with van der Waals surface area (Å²) in [5, 5.41) is 12.9. The van der Waals surface area contributed by atoms with E-state index in [1.54, 1.807) is 6.92 Å². The fraction of sp³-hybridized carbons (Fsp3) is 0.737. The van der Waals surface area contributed by atoms with Gasteiger partial charge in [-0.3, -0.25) is 19.2 Å². The molecule has 0 saturated carbocycles. The van der Waals surface area contributed by atoms with Gasteiger partial charge in [-0.25, -0.2) is 13.2 Å². The average Bonchev–Trinajstić information content (AvgIpc) is 2.80. The van der Waals surface area contributed by atoms with E-state index in [0.29, 0.717) is 0 Å². The summed E-state index contributed by atoms with van der Waals surface area (Å²) in [6, 6.07) is -2.76. The number of nitrogens with one attached hydrogen (secondary N) is 2. The highest BCUT2D eigenvalue weighted by Gasteiger charge is 2.28. The van der Waals surface area contributed by atoms with Crippen LogP contribution in [0.5, 0.6) is 0 Å². The number of ether oxygens (including phenoxy) is 2. The van der Waals surface area contributed by atoms with Crippen LogP contribution in [0.15, 0.2) is 0 Å². The molecule has 2 atom stereocenters. The molecule has 0 aliphatic rings. The van der Waals surface area contributed by atoms with E-state index in [4.69, 9.17) is 43.5 Å². The molecular weight excluding hydrogens is 547 g/mol. The maximum atomic E-state index is 12.5. The average molecular weight is 579 g/mol. The summed E-state index contributed by atoms with van der Waals surface area (Å²) >= 11 is 11.2. The first-order valence-electron chi connectivity index (χ1n) is 10.8. The third-order valence-electron chi connectivity index (χ3n) is 4.34. The fourth-order valence-electron chi connectivity index (χ4n) is 2.57. The number of esters is 1. The van der Waals surface area contributed by atoms with Crippen LogP contribution in [-0.2, 0) is 38.5 Å². The topological polar surface area (TPSA) is 212 Å². The van der Waals surface area contributed by atoms with Gasteiger partial charge in [-0.2, -0.15) is 0 Å². The lowest BCUT2D eigenvalue weighted by atomic mass is 10.1. The highest BCUT2D eigenvalue weighted by molar-refractivity contribution is 7.91. The first kappa shape index (κ1) is 33.6. The number of rotatable bonds is 18. The normalized spacial score (nSPS) is 12.7. The van der Waals surface area contributed by atoms with Gasteiger partial charge in [-0.1, -0.05) is 0 Å². The van der Waals surface area contributed by atoms with Crippen molar-refractivity contribution >= 4 is 62.9 Å². The lowest BCUT2D eigenvalue weighted by Crippen LogP contribution is -2.51. The third-order valence-corrected chi connectivity index (χ3v) is 6.31. The van der Waals surface area contributed by atoms with Gasteiger partial charge in [-0.05, 0) is 13.3 Å². The van der Waals surface area contributed by atoms with Crippen molar-refractivity contribution in [2.45, 2.75) is 31.8 Å². The Bertz CT molecular complexity index is 853. The van der Waals surface area contributed by atoms with Crippen LogP contribution in [-0.4, -0.2) is 116 Å². The number of sulfone groups is 1. The Morgan fingerprint density at radius 3 is 2.22 bits per heavy atom. The Kier molecular flexibility index (Phi) is 16.8. The van der Waals surface area contributed by atoms with E-state index in [-0.39, 0.29) is 44.3 Å². The van der Waals surface area contributed by atoms with Gasteiger partial charge in [-0.15, -0.1) is 23.2 Å². The number of aliphatic carboxylic acids is 1. The molecule has 0 aromatic carbocycles. The zero-order valence-corrected chi connectivity index (χ0v) is 22.1. The Labute approximate surface area is 219 Å². The smallest absolute Gasteiger partial charge is 0.409 e. The number of hydrogen-bond acceptors (Lipinski definition) is 10. The van der Waals surface area contributed by atoms with Crippen LogP contribution in [0.3, 0.4) is 0 Å². The van der Waals surface area contributed by atoms with Crippen LogP contribution in [0.4, 0.5) is 4.79 Å². The molecule has 0 unspecified atom stereocenters. The molecule has 0 aliphatic heterocycles. The first-order valence-corrected chi connectivity index (χ1v) is 13.7. The summed E-state index contributed by atoms with van der Waals surface area (Å²) in [7, 11) is -4.08. The maximum absolute atomic E-state index is 12.5. The van der Waals surface area contributed by atoms with Crippen molar-refractivity contribution < 1.29 is 47.0 Å². The predicted molar refractivity (Wildman–Crippen MR) is 129 cm³/mol. The highest BCUT2D eigenvalue weighted by atomic mass is 35.5. The summed E-state index contributed by atoms with van der Waals surface area (Å²) in [6.45, 7) is 0.584. The van der Waals surface area contributed by atoms with Gasteiger partial charge in [0.25, 0.3) is 0 Å². The Morgan fingerprint density at radius 1 is 1.08 bits per heavy atom. The van der Waals surface area contributed by atoms with E-state index in [9.17, 15) is 32.4 Å². The molecule has 17 heteroatoms. The van der Waals surface area contributed by atoms with E-state index < -0.39 is 76.4 Å². The molecular formula is C19H32Cl2N4O10S. The lowest BCUT2D eigenvalue weighted by Gasteiger charge is -2.20. The molecule has 0 rings (SSSR count). The highest BCUT2D eigenvalue weighted by Crippen LogP contribution is 2.03. The molecule has 0 aliphatic carbocycles. The van der Waals surface area contributed by atoms with Crippen LogP contribution in [0.1, 0.15) is 19.8 Å². The molecule has 5 N–H and O–H groups in total. The number of hydrogen-bond donors (Lipinski definition) is 4. The third kappa shape index (κ3) is 14.9. The minimum atomic E-state index is -4.08. The van der Waals surface area contributed by atoms with Gasteiger partial charge in [0.05, 0.1) is 18.1 Å². The molecule has 0 fully saturated rings. The fourth-order valence-corrected chi connectivity index (χ4v) is 4.23. The predicted octanol–water partition coefficient (Wildman–Crippen LogP) is -1.33. The zero-order valence-electron chi connectivity index (χ0n) is 19.7. The van der Waals surface area contributed by atoms with Gasteiger partial charge in [0.1, 0.15) is 25.2 Å². The van der Waals surface area contributed by atoms with Crippen molar-refractivity contribution in [3.8, 4) is 0 Å². The summed E-state index contributed by atoms with van der Waals surface area (Å²) < 4.78 is 34.7. The Morgan fingerprint density at radius 2 is 1.69 bits per heavy atom. The molecule has 0 spiro atoms. The number of halogens is 2. The van der Waals surface area contributed by atoms with Gasteiger partial charge in [0.2, 0.25) is 11.8 Å². The SMILES string of the molecule is CCOC(=O)[C@@H](N)CCC(=O)N[C@@H](CS(=O)(=O)CCOC(=O)N(CCCl)CCCl)C(=O)NCC(=O)O. The number of carboxylic acid groups (broad SMARTS) is 1. The van der Waals surface area contributed by atoms with Crippen LogP contribution < -0.4 is 16.4 Å². The molecule has 0 bridgehead atoms. The number of carboxylic acids is 1. The minimum Gasteiger partial charge on any atom is -0.480 e. The number of nitrogens with zero attached hydrogens (tertiary/aromatic N) is 1. The molecule has 0 saturated heterocycles. The monoisotopic (exact) mass is 578 g/mol. The molecule has 0 heterocycles. The second-order valence-corrected chi connectivity index (χ2v) is 10.2. The lowest BCUT2D eigenvalue weighted by molar-refractivity contribution is -0.145. The van der Waals surface area contributed by atoms with Crippen molar-refractivity contribution in [1.82, 2.24) is 15.5 Å². The van der Waals surface area contributed by atoms with E-state index in [1.807, 2.05) is 5.32 Å².